The summed E-state index contributed by atoms with van der Waals surface area (Å²) in [5.41, 5.74) is 0.781. The Morgan fingerprint density at radius 2 is 2.05 bits per heavy atom. The van der Waals surface area contributed by atoms with Gasteiger partial charge in [-0.3, -0.25) is 4.79 Å². The maximum absolute atomic E-state index is 11.1. The van der Waals surface area contributed by atoms with Crippen LogP contribution in [0.15, 0.2) is 30.3 Å². The Balaban J connectivity index is 1.89. The Labute approximate surface area is 124 Å². The van der Waals surface area contributed by atoms with Crippen molar-refractivity contribution in [3.63, 3.8) is 0 Å². The summed E-state index contributed by atoms with van der Waals surface area (Å²) in [6.07, 6.45) is 0.654. The van der Waals surface area contributed by atoms with Crippen LogP contribution in [-0.4, -0.2) is 31.5 Å². The van der Waals surface area contributed by atoms with Crippen molar-refractivity contribution < 1.29 is 9.53 Å². The Kier molecular flexibility index (Phi) is 3.69. The van der Waals surface area contributed by atoms with Crippen molar-refractivity contribution in [2.45, 2.75) is 13.5 Å². The van der Waals surface area contributed by atoms with Gasteiger partial charge in [0, 0.05) is 0 Å². The zero-order valence-corrected chi connectivity index (χ0v) is 11.9. The zero-order valence-electron chi connectivity index (χ0n) is 11.1. The summed E-state index contributed by atoms with van der Waals surface area (Å²) in [5.74, 6) is 0.704. The van der Waals surface area contributed by atoms with Crippen LogP contribution in [0.2, 0.25) is 0 Å². The zero-order chi connectivity index (χ0) is 14.7. The molecule has 0 unspecified atom stereocenters. The van der Waals surface area contributed by atoms with E-state index in [9.17, 15) is 4.79 Å². The molecule has 3 aromatic rings. The molecule has 2 aromatic heterocycles. The normalized spacial score (nSPS) is 10.5. The van der Waals surface area contributed by atoms with E-state index in [1.807, 2.05) is 37.3 Å². The number of carbonyl (C=O) groups is 1. The van der Waals surface area contributed by atoms with Crippen LogP contribution in [0.5, 0.6) is 5.75 Å². The van der Waals surface area contributed by atoms with Crippen molar-refractivity contribution in [3.05, 3.63) is 46.7 Å². The van der Waals surface area contributed by atoms with Crippen molar-refractivity contribution in [3.8, 4) is 10.9 Å². The van der Waals surface area contributed by atoms with Crippen molar-refractivity contribution >= 4 is 17.6 Å². The molecule has 0 N–H and O–H groups in total. The average molecular weight is 301 g/mol. The van der Waals surface area contributed by atoms with Crippen LogP contribution in [0.1, 0.15) is 21.2 Å². The van der Waals surface area contributed by atoms with Gasteiger partial charge in [0.2, 0.25) is 5.13 Å². The summed E-state index contributed by atoms with van der Waals surface area (Å²) in [5, 5.41) is 17.1. The van der Waals surface area contributed by atoms with Crippen LogP contribution in [-0.2, 0) is 6.61 Å². The van der Waals surface area contributed by atoms with Crippen LogP contribution in [0.25, 0.3) is 5.13 Å². The average Bonchev–Trinajstić information content (AvgIpc) is 3.11. The van der Waals surface area contributed by atoms with Crippen LogP contribution in [0.3, 0.4) is 0 Å². The number of aldehydes is 1. The molecule has 0 aliphatic carbocycles. The third-order valence-electron chi connectivity index (χ3n) is 2.72. The first kappa shape index (κ1) is 13.4. The monoisotopic (exact) mass is 301 g/mol. The summed E-state index contributed by atoms with van der Waals surface area (Å²) in [4.78, 5) is 11.1. The van der Waals surface area contributed by atoms with E-state index >= 15 is 0 Å². The van der Waals surface area contributed by atoms with E-state index in [0.717, 1.165) is 5.01 Å². The van der Waals surface area contributed by atoms with Gasteiger partial charge in [0.15, 0.2) is 12.0 Å². The highest BCUT2D eigenvalue weighted by Gasteiger charge is 2.17. The first-order chi connectivity index (χ1) is 10.3. The standard InChI is InChI=1S/C13H11N5O2S/c1-9-14-16-13(21-9)18-12(11(7-19)15-17-18)8-20-10-5-3-2-4-6-10/h2-7H,8H2,1H3. The predicted octanol–water partition coefficient (Wildman–Crippen LogP) is 1.82. The van der Waals surface area contributed by atoms with Crippen LogP contribution < -0.4 is 4.74 Å². The lowest BCUT2D eigenvalue weighted by Crippen LogP contribution is -2.07. The lowest BCUT2D eigenvalue weighted by atomic mass is 10.3. The van der Waals surface area contributed by atoms with E-state index < -0.39 is 0 Å². The van der Waals surface area contributed by atoms with E-state index in [1.165, 1.54) is 16.0 Å². The van der Waals surface area contributed by atoms with Crippen molar-refractivity contribution in [2.24, 2.45) is 0 Å². The smallest absolute Gasteiger partial charge is 0.234 e. The fourth-order valence-electron chi connectivity index (χ4n) is 1.73. The van der Waals surface area contributed by atoms with E-state index in [1.54, 1.807) is 0 Å². The summed E-state index contributed by atoms with van der Waals surface area (Å²) in [6.45, 7) is 2.02. The van der Waals surface area contributed by atoms with Gasteiger partial charge in [-0.2, -0.15) is 4.68 Å². The number of hydrogen-bond donors (Lipinski definition) is 0. The number of benzene rings is 1. The van der Waals surface area contributed by atoms with Crippen molar-refractivity contribution in [2.75, 3.05) is 0 Å². The molecule has 8 heteroatoms. The highest BCUT2D eigenvalue weighted by atomic mass is 32.1. The Morgan fingerprint density at radius 3 is 2.71 bits per heavy atom. The summed E-state index contributed by atoms with van der Waals surface area (Å²) in [7, 11) is 0. The largest absolute Gasteiger partial charge is 0.487 e. The molecule has 0 aliphatic heterocycles. The minimum absolute atomic E-state index is 0.170. The van der Waals surface area contributed by atoms with Crippen LogP contribution in [0.4, 0.5) is 0 Å². The molecule has 7 nitrogen and oxygen atoms in total. The SMILES string of the molecule is Cc1nnc(-n2nnc(C=O)c2COc2ccccc2)s1. The quantitative estimate of drug-likeness (QED) is 0.668. The van der Waals surface area contributed by atoms with Gasteiger partial charge in [-0.15, -0.1) is 15.3 Å². The van der Waals surface area contributed by atoms with Gasteiger partial charge in [-0.25, -0.2) is 0 Å². The van der Waals surface area contributed by atoms with Gasteiger partial charge < -0.3 is 4.74 Å². The number of hydrogen-bond acceptors (Lipinski definition) is 7. The van der Waals surface area contributed by atoms with Crippen LogP contribution >= 0.6 is 11.3 Å². The van der Waals surface area contributed by atoms with Gasteiger partial charge in [0.25, 0.3) is 0 Å². The lowest BCUT2D eigenvalue weighted by molar-refractivity contribution is 0.111. The molecule has 2 heterocycles. The van der Waals surface area contributed by atoms with Gasteiger partial charge in [-0.05, 0) is 19.1 Å². The Hall–Kier alpha value is -2.61. The molecule has 0 aliphatic rings. The topological polar surface area (TPSA) is 82.8 Å². The first-order valence-corrected chi connectivity index (χ1v) is 6.97. The summed E-state index contributed by atoms with van der Waals surface area (Å²) < 4.78 is 7.14. The fourth-order valence-corrected chi connectivity index (χ4v) is 2.39. The Morgan fingerprint density at radius 1 is 1.24 bits per heavy atom. The highest BCUT2D eigenvalue weighted by Crippen LogP contribution is 2.18. The highest BCUT2D eigenvalue weighted by molar-refractivity contribution is 7.13. The van der Waals surface area contributed by atoms with Gasteiger partial charge in [0.1, 0.15) is 23.1 Å². The molecule has 21 heavy (non-hydrogen) atoms. The van der Waals surface area contributed by atoms with E-state index in [2.05, 4.69) is 20.5 Å². The number of para-hydroxylation sites is 1. The second kappa shape index (κ2) is 5.80. The fraction of sp³-hybridized carbons (Fsp3) is 0.154. The molecule has 3 rings (SSSR count). The molecule has 0 bridgehead atoms. The minimum Gasteiger partial charge on any atom is -0.487 e. The molecule has 0 fully saturated rings. The lowest BCUT2D eigenvalue weighted by Gasteiger charge is -2.06. The molecular weight excluding hydrogens is 290 g/mol. The third-order valence-corrected chi connectivity index (χ3v) is 3.53. The molecule has 0 spiro atoms. The number of carbonyl (C=O) groups excluding carboxylic acids is 1. The molecule has 0 atom stereocenters. The minimum atomic E-state index is 0.170. The maximum atomic E-state index is 11.1. The van der Waals surface area contributed by atoms with E-state index in [4.69, 9.17) is 4.74 Å². The summed E-state index contributed by atoms with van der Waals surface area (Å²) in [6, 6.07) is 9.33. The molecule has 0 saturated heterocycles. The number of nitrogens with zero attached hydrogens (tertiary/aromatic N) is 5. The molecule has 1 aromatic carbocycles. The predicted molar refractivity (Wildman–Crippen MR) is 75.7 cm³/mol. The first-order valence-electron chi connectivity index (χ1n) is 6.16. The van der Waals surface area contributed by atoms with Gasteiger partial charge in [0.05, 0.1) is 0 Å². The summed E-state index contributed by atoms with van der Waals surface area (Å²) >= 11 is 1.37. The van der Waals surface area contributed by atoms with Gasteiger partial charge in [-0.1, -0.05) is 34.7 Å². The number of rotatable bonds is 5. The molecule has 0 saturated carbocycles. The van der Waals surface area contributed by atoms with Gasteiger partial charge >= 0.3 is 0 Å². The van der Waals surface area contributed by atoms with E-state index in [0.29, 0.717) is 22.9 Å². The van der Waals surface area contributed by atoms with Crippen molar-refractivity contribution in [1.29, 1.82) is 0 Å². The molecule has 0 radical (unpaired) electrons. The third kappa shape index (κ3) is 2.79. The molecular formula is C13H11N5O2S. The number of ether oxygens (including phenoxy) is 1. The van der Waals surface area contributed by atoms with E-state index in [-0.39, 0.29) is 12.3 Å². The number of aryl methyl sites for hydroxylation is 1. The molecule has 0 amide bonds. The number of aromatic nitrogens is 5. The van der Waals surface area contributed by atoms with Crippen molar-refractivity contribution in [1.82, 2.24) is 25.2 Å². The second-order valence-corrected chi connectivity index (χ2v) is 5.32. The van der Waals surface area contributed by atoms with Crippen LogP contribution in [0, 0.1) is 6.92 Å². The Bertz CT molecular complexity index is 753. The molecule has 106 valence electrons. The maximum Gasteiger partial charge on any atom is 0.234 e. The second-order valence-electron chi connectivity index (χ2n) is 4.16.